The van der Waals surface area contributed by atoms with E-state index >= 15 is 0 Å². The van der Waals surface area contributed by atoms with E-state index in [0.717, 1.165) is 6.07 Å². The summed E-state index contributed by atoms with van der Waals surface area (Å²) in [5.41, 5.74) is 0.365. The number of nitrogens with one attached hydrogen (secondary N) is 2. The molecule has 0 aliphatic rings. The Kier molecular flexibility index (Phi) is 4.90. The molecule has 22 heavy (non-hydrogen) atoms. The van der Waals surface area contributed by atoms with Crippen LogP contribution in [0.1, 0.15) is 0 Å². The van der Waals surface area contributed by atoms with Crippen LogP contribution in [0.2, 0.25) is 0 Å². The SMILES string of the molecule is CNS(=O)(=O)c1cccc(S(=O)(=O)Nc2ccccc2Br)c1. The minimum atomic E-state index is -3.90. The minimum Gasteiger partial charge on any atom is -0.278 e. The van der Waals surface area contributed by atoms with Gasteiger partial charge in [-0.3, -0.25) is 4.72 Å². The number of anilines is 1. The van der Waals surface area contributed by atoms with Gasteiger partial charge in [-0.15, -0.1) is 0 Å². The lowest BCUT2D eigenvalue weighted by molar-refractivity contribution is 0.588. The molecule has 0 atom stereocenters. The number of rotatable bonds is 5. The Bertz CT molecular complexity index is 896. The normalized spacial score (nSPS) is 12.1. The largest absolute Gasteiger partial charge is 0.278 e. The molecule has 0 unspecified atom stereocenters. The number of benzene rings is 2. The van der Waals surface area contributed by atoms with Crippen molar-refractivity contribution in [2.24, 2.45) is 0 Å². The Morgan fingerprint density at radius 1 is 0.864 bits per heavy atom. The zero-order valence-electron chi connectivity index (χ0n) is 11.4. The zero-order chi connectivity index (χ0) is 16.4. The standard InChI is InChI=1S/C13H13BrN2O4S2/c1-15-21(17,18)10-5-4-6-11(9-10)22(19,20)16-13-8-3-2-7-12(13)14/h2-9,15-16H,1H3. The van der Waals surface area contributed by atoms with Gasteiger partial charge in [0.05, 0.1) is 15.5 Å². The fraction of sp³-hybridized carbons (Fsp3) is 0.0769. The third-order valence-corrected chi connectivity index (χ3v) is 6.28. The molecular weight excluding hydrogens is 392 g/mol. The van der Waals surface area contributed by atoms with Gasteiger partial charge in [-0.2, -0.15) is 0 Å². The first kappa shape index (κ1) is 16.9. The molecule has 6 nitrogen and oxygen atoms in total. The Morgan fingerprint density at radius 2 is 1.45 bits per heavy atom. The van der Waals surface area contributed by atoms with Crippen molar-refractivity contribution in [1.29, 1.82) is 0 Å². The van der Waals surface area contributed by atoms with E-state index < -0.39 is 20.0 Å². The molecule has 2 aromatic rings. The number of hydrogen-bond acceptors (Lipinski definition) is 4. The van der Waals surface area contributed by atoms with Gasteiger partial charge >= 0.3 is 0 Å². The molecule has 0 heterocycles. The van der Waals surface area contributed by atoms with E-state index in [2.05, 4.69) is 25.4 Å². The monoisotopic (exact) mass is 404 g/mol. The molecule has 0 aromatic heterocycles. The molecule has 0 amide bonds. The Hall–Kier alpha value is -1.42. The van der Waals surface area contributed by atoms with Gasteiger partial charge in [0.15, 0.2) is 0 Å². The quantitative estimate of drug-likeness (QED) is 0.798. The van der Waals surface area contributed by atoms with Crippen molar-refractivity contribution < 1.29 is 16.8 Å². The first-order valence-electron chi connectivity index (χ1n) is 6.07. The van der Waals surface area contributed by atoms with E-state index in [1.807, 2.05) is 0 Å². The number of sulfonamides is 2. The lowest BCUT2D eigenvalue weighted by atomic mass is 10.3. The smallest absolute Gasteiger partial charge is 0.261 e. The predicted molar refractivity (Wildman–Crippen MR) is 87.6 cm³/mol. The molecule has 118 valence electrons. The third kappa shape index (κ3) is 3.67. The Morgan fingerprint density at radius 3 is 2.05 bits per heavy atom. The summed E-state index contributed by atoms with van der Waals surface area (Å²) in [6, 6.07) is 11.9. The van der Waals surface area contributed by atoms with Crippen LogP contribution < -0.4 is 9.44 Å². The van der Waals surface area contributed by atoms with Crippen LogP contribution in [0.5, 0.6) is 0 Å². The Labute approximate surface area is 137 Å². The molecule has 2 rings (SSSR count). The number of para-hydroxylation sites is 1. The highest BCUT2D eigenvalue weighted by Gasteiger charge is 2.19. The van der Waals surface area contributed by atoms with Crippen LogP contribution in [0, 0.1) is 0 Å². The molecule has 2 aromatic carbocycles. The second kappa shape index (κ2) is 6.37. The lowest BCUT2D eigenvalue weighted by Crippen LogP contribution is -2.19. The third-order valence-electron chi connectivity index (χ3n) is 2.81. The predicted octanol–water partition coefficient (Wildman–Crippen LogP) is 2.16. The minimum absolute atomic E-state index is 0.120. The van der Waals surface area contributed by atoms with Gasteiger partial charge in [0.25, 0.3) is 10.0 Å². The second-order valence-corrected chi connectivity index (χ2v) is 8.69. The van der Waals surface area contributed by atoms with Crippen LogP contribution in [-0.2, 0) is 20.0 Å². The molecule has 0 fully saturated rings. The van der Waals surface area contributed by atoms with Crippen LogP contribution >= 0.6 is 15.9 Å². The molecule has 2 N–H and O–H groups in total. The van der Waals surface area contributed by atoms with E-state index in [1.54, 1.807) is 24.3 Å². The summed E-state index contributed by atoms with van der Waals surface area (Å²) in [5.74, 6) is 0. The van der Waals surface area contributed by atoms with Gasteiger partial charge in [-0.05, 0) is 53.3 Å². The van der Waals surface area contributed by atoms with Gasteiger partial charge < -0.3 is 0 Å². The first-order chi connectivity index (χ1) is 10.3. The number of halogens is 1. The summed E-state index contributed by atoms with van der Waals surface area (Å²) in [4.78, 5) is -0.260. The van der Waals surface area contributed by atoms with Crippen molar-refractivity contribution in [2.45, 2.75) is 9.79 Å². The topological polar surface area (TPSA) is 92.3 Å². The molecule has 0 radical (unpaired) electrons. The summed E-state index contributed by atoms with van der Waals surface area (Å²) >= 11 is 3.25. The molecule has 0 aliphatic carbocycles. The molecule has 9 heteroatoms. The van der Waals surface area contributed by atoms with Crippen molar-refractivity contribution in [3.05, 3.63) is 53.0 Å². The average molecular weight is 405 g/mol. The summed E-state index contributed by atoms with van der Waals surface area (Å²) < 4.78 is 53.4. The van der Waals surface area contributed by atoms with Gasteiger partial charge in [0, 0.05) is 4.47 Å². The van der Waals surface area contributed by atoms with Crippen LogP contribution in [0.3, 0.4) is 0 Å². The summed E-state index contributed by atoms with van der Waals surface area (Å²) in [7, 11) is -6.35. The van der Waals surface area contributed by atoms with Crippen molar-refractivity contribution in [1.82, 2.24) is 4.72 Å². The highest BCUT2D eigenvalue weighted by molar-refractivity contribution is 9.10. The Balaban J connectivity index is 2.43. The second-order valence-electron chi connectivity index (χ2n) is 4.27. The average Bonchev–Trinajstić information content (AvgIpc) is 2.49. The van der Waals surface area contributed by atoms with Gasteiger partial charge in [-0.25, -0.2) is 21.6 Å². The van der Waals surface area contributed by atoms with Crippen LogP contribution in [0.15, 0.2) is 62.8 Å². The maximum atomic E-state index is 12.4. The van der Waals surface area contributed by atoms with Crippen molar-refractivity contribution >= 4 is 41.7 Å². The van der Waals surface area contributed by atoms with Gasteiger partial charge in [0.1, 0.15) is 0 Å². The zero-order valence-corrected chi connectivity index (χ0v) is 14.7. The van der Waals surface area contributed by atoms with E-state index in [1.165, 1.54) is 25.2 Å². The lowest BCUT2D eigenvalue weighted by Gasteiger charge is -2.10. The van der Waals surface area contributed by atoms with E-state index in [4.69, 9.17) is 0 Å². The molecule has 0 spiro atoms. The molecule has 0 saturated carbocycles. The maximum absolute atomic E-state index is 12.4. The molecule has 0 aliphatic heterocycles. The van der Waals surface area contributed by atoms with E-state index in [-0.39, 0.29) is 9.79 Å². The maximum Gasteiger partial charge on any atom is 0.261 e. The van der Waals surface area contributed by atoms with Crippen LogP contribution in [0.25, 0.3) is 0 Å². The summed E-state index contributed by atoms with van der Waals surface area (Å²) in [6.07, 6.45) is 0. The van der Waals surface area contributed by atoms with Crippen molar-refractivity contribution in [2.75, 3.05) is 11.8 Å². The van der Waals surface area contributed by atoms with Gasteiger partial charge in [-0.1, -0.05) is 18.2 Å². The molecule has 0 bridgehead atoms. The van der Waals surface area contributed by atoms with Crippen LogP contribution in [-0.4, -0.2) is 23.9 Å². The number of hydrogen-bond donors (Lipinski definition) is 2. The summed E-state index contributed by atoms with van der Waals surface area (Å²) in [5, 5.41) is 0. The fourth-order valence-electron chi connectivity index (χ4n) is 1.67. The first-order valence-corrected chi connectivity index (χ1v) is 9.83. The fourth-order valence-corrected chi connectivity index (χ4v) is 4.16. The summed E-state index contributed by atoms with van der Waals surface area (Å²) in [6.45, 7) is 0. The van der Waals surface area contributed by atoms with E-state index in [0.29, 0.717) is 10.2 Å². The van der Waals surface area contributed by atoms with Gasteiger partial charge in [0.2, 0.25) is 10.0 Å². The van der Waals surface area contributed by atoms with Crippen LogP contribution in [0.4, 0.5) is 5.69 Å². The van der Waals surface area contributed by atoms with Crippen molar-refractivity contribution in [3.8, 4) is 0 Å². The molecule has 0 saturated heterocycles. The molecular formula is C13H13BrN2O4S2. The van der Waals surface area contributed by atoms with E-state index in [9.17, 15) is 16.8 Å². The van der Waals surface area contributed by atoms with Crippen molar-refractivity contribution in [3.63, 3.8) is 0 Å². The highest BCUT2D eigenvalue weighted by atomic mass is 79.9. The highest BCUT2D eigenvalue weighted by Crippen LogP contribution is 2.25.